The average Bonchev–Trinajstić information content (AvgIpc) is 3.08. The number of carbonyl (C=O) groups is 3. The molecular weight excluding hydrogens is 668 g/mol. The molecule has 6 aliphatic rings. The summed E-state index contributed by atoms with van der Waals surface area (Å²) in [7, 11) is 1.49. The molecule has 0 radical (unpaired) electrons. The van der Waals surface area contributed by atoms with E-state index in [1.165, 1.54) is 26.5 Å². The van der Waals surface area contributed by atoms with Crippen LogP contribution in [0.1, 0.15) is 120 Å². The molecule has 11 heteroatoms. The fourth-order valence-electron chi connectivity index (χ4n) is 12.8. The van der Waals surface area contributed by atoms with Crippen LogP contribution in [0.4, 0.5) is 0 Å². The molecule has 294 valence electrons. The SMILES string of the molecule is COC(=O)[C@]1(C)CC[C@]2(C)CC[C@]3(C)C(=CC[C@@H]4[C@@]5(C)[C@@H](O[C@@H]6O[C@@H](C)[C@H](O)[C@@H](O)[C@H]6O)C[C@H](OC(C)=O)[C@@](C)(COC(C)=O)[C@@H]5CC[C@]43C)[C@@H]2C1. The van der Waals surface area contributed by atoms with Gasteiger partial charge in [-0.3, -0.25) is 14.4 Å². The molecular formula is C41H64O11. The predicted molar refractivity (Wildman–Crippen MR) is 190 cm³/mol. The van der Waals surface area contributed by atoms with Crippen molar-refractivity contribution in [2.45, 2.75) is 163 Å². The predicted octanol–water partition coefficient (Wildman–Crippen LogP) is 5.26. The van der Waals surface area contributed by atoms with E-state index in [0.29, 0.717) is 0 Å². The molecule has 0 amide bonds. The Morgan fingerprint density at radius 1 is 0.865 bits per heavy atom. The van der Waals surface area contributed by atoms with E-state index in [0.717, 1.165) is 51.4 Å². The number of hydrogen-bond acceptors (Lipinski definition) is 11. The Bertz CT molecular complexity index is 1460. The van der Waals surface area contributed by atoms with E-state index < -0.39 is 71.1 Å². The second-order valence-corrected chi connectivity index (χ2v) is 19.0. The number of methoxy groups -OCH3 is 1. The molecule has 5 aliphatic carbocycles. The van der Waals surface area contributed by atoms with Gasteiger partial charge in [-0.1, -0.05) is 46.3 Å². The zero-order chi connectivity index (χ0) is 38.4. The summed E-state index contributed by atoms with van der Waals surface area (Å²) in [5.74, 6) is -0.796. The minimum absolute atomic E-state index is 0.0704. The van der Waals surface area contributed by atoms with Crippen LogP contribution in [0.2, 0.25) is 0 Å². The van der Waals surface area contributed by atoms with Gasteiger partial charge < -0.3 is 39.0 Å². The first kappa shape index (κ1) is 39.6. The van der Waals surface area contributed by atoms with Crippen molar-refractivity contribution in [2.24, 2.45) is 50.2 Å². The largest absolute Gasteiger partial charge is 0.469 e. The molecule has 3 N–H and O–H groups in total. The van der Waals surface area contributed by atoms with E-state index in [-0.39, 0.29) is 53.0 Å². The lowest BCUT2D eigenvalue weighted by molar-refractivity contribution is -0.341. The molecule has 4 saturated carbocycles. The molecule has 0 bridgehead atoms. The molecule has 52 heavy (non-hydrogen) atoms. The summed E-state index contributed by atoms with van der Waals surface area (Å²) in [4.78, 5) is 38.1. The van der Waals surface area contributed by atoms with Crippen LogP contribution < -0.4 is 0 Å². The monoisotopic (exact) mass is 732 g/mol. The molecule has 1 aliphatic heterocycles. The molecule has 0 unspecified atom stereocenters. The molecule has 0 aromatic heterocycles. The zero-order valence-electron chi connectivity index (χ0n) is 33.0. The number of rotatable bonds is 6. The van der Waals surface area contributed by atoms with Crippen LogP contribution in [0.3, 0.4) is 0 Å². The van der Waals surface area contributed by atoms with Crippen LogP contribution in [-0.4, -0.2) is 89.9 Å². The van der Waals surface area contributed by atoms with Gasteiger partial charge in [0.15, 0.2) is 6.29 Å². The molecule has 0 aromatic carbocycles. The number of aliphatic hydroxyl groups is 3. The quantitative estimate of drug-likeness (QED) is 0.186. The van der Waals surface area contributed by atoms with Crippen molar-refractivity contribution in [1.29, 1.82) is 0 Å². The Balaban J connectivity index is 1.46. The van der Waals surface area contributed by atoms with Crippen molar-refractivity contribution in [2.75, 3.05) is 13.7 Å². The van der Waals surface area contributed by atoms with Gasteiger partial charge in [0, 0.05) is 31.1 Å². The van der Waals surface area contributed by atoms with Crippen LogP contribution in [0, 0.1) is 50.2 Å². The van der Waals surface area contributed by atoms with Gasteiger partial charge in [0.05, 0.1) is 24.7 Å². The van der Waals surface area contributed by atoms with Crippen LogP contribution >= 0.6 is 0 Å². The highest BCUT2D eigenvalue weighted by Gasteiger charge is 2.72. The fraction of sp³-hybridized carbons (Fsp3) is 0.878. The lowest BCUT2D eigenvalue weighted by atomic mass is 9.33. The number of fused-ring (bicyclic) bond motifs is 7. The van der Waals surface area contributed by atoms with E-state index in [1.807, 2.05) is 0 Å². The summed E-state index contributed by atoms with van der Waals surface area (Å²) in [6, 6.07) is 0. The van der Waals surface area contributed by atoms with Crippen molar-refractivity contribution in [3.05, 3.63) is 11.6 Å². The fourth-order valence-corrected chi connectivity index (χ4v) is 12.8. The standard InChI is InChI=1S/C41H64O11/c1-22-31(44)32(45)33(46)34(50-22)52-30-19-29(51-24(3)43)38(6,21-49-23(2)42)27-13-14-40(8)28(41(27,30)9)12-11-25-26-20-37(5,35(47)48-10)16-15-36(26,4)17-18-39(25,40)7/h11,22,26-34,44-46H,12-21H2,1-10H3/t22-,26-,27-,28-,29-,30-,31-,32+,33+,34-,36+,37+,38-,39+,40+,41-/m0/s1. The minimum atomic E-state index is -1.49. The smallest absolute Gasteiger partial charge is 0.311 e. The number of allylic oxidation sites excluding steroid dienone is 2. The summed E-state index contributed by atoms with van der Waals surface area (Å²) in [6.07, 6.45) is 2.30. The first-order valence-electron chi connectivity index (χ1n) is 19.6. The van der Waals surface area contributed by atoms with Crippen molar-refractivity contribution >= 4 is 17.9 Å². The maximum Gasteiger partial charge on any atom is 0.311 e. The van der Waals surface area contributed by atoms with Crippen molar-refractivity contribution in [3.8, 4) is 0 Å². The Hall–Kier alpha value is -2.05. The molecule has 16 atom stereocenters. The normalized spacial score (nSPS) is 51.4. The Morgan fingerprint density at radius 2 is 1.54 bits per heavy atom. The molecule has 0 spiro atoms. The third-order valence-corrected chi connectivity index (χ3v) is 16.3. The number of carbonyl (C=O) groups excluding carboxylic acids is 3. The second kappa shape index (κ2) is 13.3. The zero-order valence-corrected chi connectivity index (χ0v) is 33.0. The minimum Gasteiger partial charge on any atom is -0.469 e. The summed E-state index contributed by atoms with van der Waals surface area (Å²) in [6.45, 7) is 18.1. The molecule has 6 rings (SSSR count). The lowest BCUT2D eigenvalue weighted by Crippen LogP contribution is -2.70. The van der Waals surface area contributed by atoms with Crippen LogP contribution in [0.25, 0.3) is 0 Å². The number of aliphatic hydroxyl groups excluding tert-OH is 3. The molecule has 0 aromatic rings. The summed E-state index contributed by atoms with van der Waals surface area (Å²) in [5.41, 5.74) is -0.701. The highest BCUT2D eigenvalue weighted by molar-refractivity contribution is 5.76. The lowest BCUT2D eigenvalue weighted by Gasteiger charge is -2.72. The third-order valence-electron chi connectivity index (χ3n) is 16.3. The number of hydrogen-bond donors (Lipinski definition) is 3. The average molecular weight is 733 g/mol. The number of ether oxygens (including phenoxy) is 5. The van der Waals surface area contributed by atoms with Gasteiger partial charge in [0.2, 0.25) is 0 Å². The van der Waals surface area contributed by atoms with Crippen molar-refractivity contribution in [3.63, 3.8) is 0 Å². The summed E-state index contributed by atoms with van der Waals surface area (Å²) >= 11 is 0. The third kappa shape index (κ3) is 5.80. The molecule has 5 fully saturated rings. The van der Waals surface area contributed by atoms with Crippen LogP contribution in [-0.2, 0) is 38.1 Å². The van der Waals surface area contributed by atoms with Crippen molar-refractivity contribution in [1.82, 2.24) is 0 Å². The van der Waals surface area contributed by atoms with Gasteiger partial charge in [-0.2, -0.15) is 0 Å². The van der Waals surface area contributed by atoms with E-state index in [9.17, 15) is 29.7 Å². The Labute approximate surface area is 309 Å². The first-order valence-corrected chi connectivity index (χ1v) is 19.6. The van der Waals surface area contributed by atoms with E-state index in [1.54, 1.807) is 6.92 Å². The van der Waals surface area contributed by atoms with Gasteiger partial charge >= 0.3 is 17.9 Å². The van der Waals surface area contributed by atoms with E-state index in [4.69, 9.17) is 23.7 Å². The summed E-state index contributed by atoms with van der Waals surface area (Å²) < 4.78 is 30.1. The van der Waals surface area contributed by atoms with Gasteiger partial charge in [0.1, 0.15) is 31.0 Å². The van der Waals surface area contributed by atoms with Gasteiger partial charge in [0.25, 0.3) is 0 Å². The Kier molecular flexibility index (Phi) is 10.1. The van der Waals surface area contributed by atoms with Crippen LogP contribution in [0.5, 0.6) is 0 Å². The van der Waals surface area contributed by atoms with Gasteiger partial charge in [-0.25, -0.2) is 0 Å². The molecule has 11 nitrogen and oxygen atoms in total. The van der Waals surface area contributed by atoms with Crippen LogP contribution in [0.15, 0.2) is 11.6 Å². The van der Waals surface area contributed by atoms with Gasteiger partial charge in [-0.05, 0) is 99.2 Å². The summed E-state index contributed by atoms with van der Waals surface area (Å²) in [5, 5.41) is 32.4. The topological polar surface area (TPSA) is 158 Å². The number of esters is 3. The van der Waals surface area contributed by atoms with Crippen molar-refractivity contribution < 1.29 is 53.4 Å². The Morgan fingerprint density at radius 3 is 2.17 bits per heavy atom. The van der Waals surface area contributed by atoms with Gasteiger partial charge in [-0.15, -0.1) is 0 Å². The molecule has 1 heterocycles. The van der Waals surface area contributed by atoms with E-state index in [2.05, 4.69) is 47.6 Å². The van der Waals surface area contributed by atoms with E-state index >= 15 is 0 Å². The highest BCUT2D eigenvalue weighted by atomic mass is 16.7. The maximum absolute atomic E-state index is 13.2. The maximum atomic E-state index is 13.2. The molecule has 1 saturated heterocycles. The highest BCUT2D eigenvalue weighted by Crippen LogP contribution is 2.76. The first-order chi connectivity index (χ1) is 24.1. The second-order valence-electron chi connectivity index (χ2n) is 19.0.